The fourth-order valence-corrected chi connectivity index (χ4v) is 3.29. The molecule has 0 spiro atoms. The molecule has 26 heavy (non-hydrogen) atoms. The van der Waals surface area contributed by atoms with E-state index in [1.807, 2.05) is 0 Å². The van der Waals surface area contributed by atoms with Crippen molar-refractivity contribution < 1.29 is 9.47 Å². The number of ether oxygens (including phenoxy) is 2. The lowest BCUT2D eigenvalue weighted by Crippen LogP contribution is -2.20. The molecule has 1 atom stereocenters. The van der Waals surface area contributed by atoms with Crippen LogP contribution in [0, 0.1) is 0 Å². The predicted octanol–water partition coefficient (Wildman–Crippen LogP) is 8.08. The van der Waals surface area contributed by atoms with Crippen molar-refractivity contribution in [3.05, 3.63) is 0 Å². The number of unbranched alkanes of at least 4 members (excludes halogenated alkanes) is 14. The Hall–Kier alpha value is -0.0800. The summed E-state index contributed by atoms with van der Waals surface area (Å²) in [5.41, 5.74) is 0. The first-order chi connectivity index (χ1) is 12.8. The molecule has 158 valence electrons. The molecule has 0 N–H and O–H groups in total. The highest BCUT2D eigenvalue weighted by atomic mass is 16.5. The van der Waals surface area contributed by atoms with Crippen LogP contribution in [0.4, 0.5) is 0 Å². The summed E-state index contributed by atoms with van der Waals surface area (Å²) in [7, 11) is 0. The number of hydrogen-bond donors (Lipinski definition) is 0. The molecule has 0 fully saturated rings. The Morgan fingerprint density at radius 1 is 0.500 bits per heavy atom. The molecule has 0 rings (SSSR count). The van der Waals surface area contributed by atoms with Crippen LogP contribution in [-0.2, 0) is 9.47 Å². The first-order valence-electron chi connectivity index (χ1n) is 12.0. The van der Waals surface area contributed by atoms with Crippen LogP contribution >= 0.6 is 0 Å². The van der Waals surface area contributed by atoms with E-state index in [1.165, 1.54) is 96.3 Å². The lowest BCUT2D eigenvalue weighted by molar-refractivity contribution is -0.0197. The maximum atomic E-state index is 5.83. The zero-order valence-corrected chi connectivity index (χ0v) is 18.5. The van der Waals surface area contributed by atoms with Gasteiger partial charge in [-0.2, -0.15) is 0 Å². The van der Waals surface area contributed by atoms with Crippen LogP contribution in [0.15, 0.2) is 0 Å². The Morgan fingerprint density at radius 2 is 0.962 bits per heavy atom. The minimum atomic E-state index is 0.299. The minimum absolute atomic E-state index is 0.299. The van der Waals surface area contributed by atoms with Crippen molar-refractivity contribution in [2.24, 2.45) is 0 Å². The Balaban J connectivity index is 3.14. The molecule has 2 heteroatoms. The van der Waals surface area contributed by atoms with E-state index in [0.29, 0.717) is 6.10 Å². The molecule has 0 heterocycles. The fraction of sp³-hybridized carbons (Fsp3) is 1.00. The highest BCUT2D eigenvalue weighted by Gasteiger charge is 2.05. The van der Waals surface area contributed by atoms with Crippen molar-refractivity contribution in [2.45, 2.75) is 136 Å². The summed E-state index contributed by atoms with van der Waals surface area (Å²) in [5, 5.41) is 0. The molecule has 0 aliphatic rings. The van der Waals surface area contributed by atoms with Crippen LogP contribution in [0.5, 0.6) is 0 Å². The van der Waals surface area contributed by atoms with Crippen LogP contribution in [0.2, 0.25) is 0 Å². The predicted molar refractivity (Wildman–Crippen MR) is 116 cm³/mol. The molecule has 0 aromatic carbocycles. The van der Waals surface area contributed by atoms with Crippen molar-refractivity contribution in [1.29, 1.82) is 0 Å². The lowest BCUT2D eigenvalue weighted by Gasteiger charge is -2.16. The quantitative estimate of drug-likeness (QED) is 0.179. The van der Waals surface area contributed by atoms with E-state index in [9.17, 15) is 0 Å². The third-order valence-corrected chi connectivity index (χ3v) is 5.25. The molecule has 2 nitrogen and oxygen atoms in total. The van der Waals surface area contributed by atoms with Gasteiger partial charge in [-0.3, -0.25) is 0 Å². The normalized spacial score (nSPS) is 12.6. The Labute approximate surface area is 165 Å². The smallest absolute Gasteiger partial charge is 0.0805 e. The van der Waals surface area contributed by atoms with E-state index in [2.05, 4.69) is 20.8 Å². The van der Waals surface area contributed by atoms with Gasteiger partial charge in [0.25, 0.3) is 0 Å². The highest BCUT2D eigenvalue weighted by molar-refractivity contribution is 4.54. The van der Waals surface area contributed by atoms with Crippen LogP contribution in [0.3, 0.4) is 0 Å². The Kier molecular flexibility index (Phi) is 22.9. The van der Waals surface area contributed by atoms with E-state index in [0.717, 1.165) is 32.7 Å². The summed E-state index contributed by atoms with van der Waals surface area (Å²) in [6, 6.07) is 0. The molecule has 1 unspecified atom stereocenters. The van der Waals surface area contributed by atoms with Crippen molar-refractivity contribution in [3.8, 4) is 0 Å². The van der Waals surface area contributed by atoms with Crippen molar-refractivity contribution >= 4 is 0 Å². The third-order valence-electron chi connectivity index (χ3n) is 5.25. The SMILES string of the molecule is CCCCCCCCCCCCCCCCOCC(CC)OCCCC. The monoisotopic (exact) mass is 370 g/mol. The maximum Gasteiger partial charge on any atom is 0.0805 e. The van der Waals surface area contributed by atoms with Gasteiger partial charge in [-0.05, 0) is 19.3 Å². The average Bonchev–Trinajstić information content (AvgIpc) is 2.66. The molecule has 0 amide bonds. The van der Waals surface area contributed by atoms with Crippen LogP contribution in [0.25, 0.3) is 0 Å². The van der Waals surface area contributed by atoms with E-state index in [1.54, 1.807) is 0 Å². The molecular weight excluding hydrogens is 320 g/mol. The van der Waals surface area contributed by atoms with Gasteiger partial charge in [0.1, 0.15) is 0 Å². The van der Waals surface area contributed by atoms with Gasteiger partial charge in [-0.1, -0.05) is 111 Å². The molecule has 0 saturated carbocycles. The second-order valence-electron chi connectivity index (χ2n) is 7.93. The van der Waals surface area contributed by atoms with E-state index < -0.39 is 0 Å². The zero-order chi connectivity index (χ0) is 19.1. The lowest BCUT2D eigenvalue weighted by atomic mass is 10.0. The van der Waals surface area contributed by atoms with Gasteiger partial charge < -0.3 is 9.47 Å². The summed E-state index contributed by atoms with van der Waals surface area (Å²) in [5.74, 6) is 0. The van der Waals surface area contributed by atoms with Crippen molar-refractivity contribution in [2.75, 3.05) is 19.8 Å². The summed E-state index contributed by atoms with van der Waals surface area (Å²) in [6.07, 6.45) is 23.4. The van der Waals surface area contributed by atoms with Gasteiger partial charge in [0.15, 0.2) is 0 Å². The minimum Gasteiger partial charge on any atom is -0.379 e. The Morgan fingerprint density at radius 3 is 1.42 bits per heavy atom. The molecule has 0 aliphatic carbocycles. The first kappa shape index (κ1) is 25.9. The molecule has 0 bridgehead atoms. The summed E-state index contributed by atoms with van der Waals surface area (Å²) in [4.78, 5) is 0. The first-order valence-corrected chi connectivity index (χ1v) is 12.0. The van der Waals surface area contributed by atoms with Gasteiger partial charge >= 0.3 is 0 Å². The molecule has 0 aliphatic heterocycles. The Bertz CT molecular complexity index is 242. The molecule has 0 aromatic rings. The second-order valence-corrected chi connectivity index (χ2v) is 7.93. The van der Waals surface area contributed by atoms with Gasteiger partial charge in [0.05, 0.1) is 12.7 Å². The molecule has 0 aromatic heterocycles. The second kappa shape index (κ2) is 23.0. The molecule has 0 radical (unpaired) electrons. The number of hydrogen-bond acceptors (Lipinski definition) is 2. The summed E-state index contributed by atoms with van der Waals surface area (Å²) < 4.78 is 11.6. The van der Waals surface area contributed by atoms with Crippen molar-refractivity contribution in [1.82, 2.24) is 0 Å². The molecule has 0 saturated heterocycles. The van der Waals surface area contributed by atoms with Crippen LogP contribution in [0.1, 0.15) is 130 Å². The molecular formula is C24H50O2. The highest BCUT2D eigenvalue weighted by Crippen LogP contribution is 2.13. The van der Waals surface area contributed by atoms with Gasteiger partial charge in [-0.15, -0.1) is 0 Å². The standard InChI is InChI=1S/C24H50O2/c1-4-7-9-10-11-12-13-14-15-16-17-18-19-20-21-25-23-24(6-3)26-22-8-5-2/h24H,4-23H2,1-3H3. The van der Waals surface area contributed by atoms with Gasteiger partial charge in [-0.25, -0.2) is 0 Å². The summed E-state index contributed by atoms with van der Waals surface area (Å²) in [6.45, 7) is 9.25. The largest absolute Gasteiger partial charge is 0.379 e. The van der Waals surface area contributed by atoms with E-state index >= 15 is 0 Å². The van der Waals surface area contributed by atoms with Crippen LogP contribution < -0.4 is 0 Å². The zero-order valence-electron chi connectivity index (χ0n) is 18.5. The average molecular weight is 371 g/mol. The number of rotatable bonds is 22. The third kappa shape index (κ3) is 20.2. The van der Waals surface area contributed by atoms with Crippen LogP contribution in [-0.4, -0.2) is 25.9 Å². The summed E-state index contributed by atoms with van der Waals surface area (Å²) >= 11 is 0. The topological polar surface area (TPSA) is 18.5 Å². The van der Waals surface area contributed by atoms with E-state index in [-0.39, 0.29) is 0 Å². The van der Waals surface area contributed by atoms with Gasteiger partial charge in [0.2, 0.25) is 0 Å². The van der Waals surface area contributed by atoms with Crippen molar-refractivity contribution in [3.63, 3.8) is 0 Å². The van der Waals surface area contributed by atoms with Gasteiger partial charge in [0, 0.05) is 13.2 Å². The van der Waals surface area contributed by atoms with E-state index in [4.69, 9.17) is 9.47 Å². The maximum absolute atomic E-state index is 5.83. The fourth-order valence-electron chi connectivity index (χ4n) is 3.29.